The number of nitrogens with zero attached hydrogens (tertiary/aromatic N) is 2. The predicted molar refractivity (Wildman–Crippen MR) is 226 cm³/mol. The van der Waals surface area contributed by atoms with Crippen molar-refractivity contribution in [3.63, 3.8) is 0 Å². The van der Waals surface area contributed by atoms with Crippen molar-refractivity contribution >= 4 is 91.4 Å². The van der Waals surface area contributed by atoms with Crippen LogP contribution in [0.4, 0.5) is 11.4 Å². The molecule has 2 N–H and O–H groups in total. The smallest absolute Gasteiger partial charge is 0.256 e. The summed E-state index contributed by atoms with van der Waals surface area (Å²) in [7, 11) is 0. The van der Waals surface area contributed by atoms with Crippen LogP contribution in [0.15, 0.2) is 146 Å². The van der Waals surface area contributed by atoms with Gasteiger partial charge in [0.2, 0.25) is 0 Å². The van der Waals surface area contributed by atoms with Gasteiger partial charge in [-0.15, -0.1) is 0 Å². The molecule has 6 aromatic carbocycles. The summed E-state index contributed by atoms with van der Waals surface area (Å²) in [6, 6.07) is 44.6. The number of rotatable bonds is 8. The van der Waals surface area contributed by atoms with Crippen LogP contribution >= 0.6 is 46.4 Å². The van der Waals surface area contributed by atoms with E-state index in [1.807, 2.05) is 109 Å². The Morgan fingerprint density at radius 3 is 1.25 bits per heavy atom. The average Bonchev–Trinajstić information content (AvgIpc) is 3.20. The van der Waals surface area contributed by atoms with Crippen molar-refractivity contribution < 1.29 is 9.59 Å². The van der Waals surface area contributed by atoms with Crippen molar-refractivity contribution in [2.75, 3.05) is 10.6 Å². The highest BCUT2D eigenvalue weighted by Gasteiger charge is 2.17. The van der Waals surface area contributed by atoms with Crippen molar-refractivity contribution in [2.45, 2.75) is 6.42 Å². The first-order valence-electron chi connectivity index (χ1n) is 17.2. The molecule has 0 unspecified atom stereocenters. The molecule has 0 atom stereocenters. The number of carbonyl (C=O) groups excluding carboxylic acids is 2. The normalized spacial score (nSPS) is 11.1. The van der Waals surface area contributed by atoms with Crippen LogP contribution in [0.3, 0.4) is 0 Å². The van der Waals surface area contributed by atoms with Gasteiger partial charge in [0.25, 0.3) is 11.8 Å². The van der Waals surface area contributed by atoms with Crippen LogP contribution in [0.25, 0.3) is 44.3 Å². The zero-order valence-corrected chi connectivity index (χ0v) is 31.8. The number of nitrogens with one attached hydrogen (secondary N) is 2. The minimum Gasteiger partial charge on any atom is -0.322 e. The van der Waals surface area contributed by atoms with E-state index in [0.717, 1.165) is 33.0 Å². The lowest BCUT2D eigenvalue weighted by Crippen LogP contribution is -2.13. The molecule has 0 bridgehead atoms. The number of amides is 2. The molecule has 0 fully saturated rings. The third kappa shape index (κ3) is 7.90. The number of hydrogen-bond acceptors (Lipinski definition) is 4. The van der Waals surface area contributed by atoms with Crippen LogP contribution in [0.1, 0.15) is 31.8 Å². The Balaban J connectivity index is 0.952. The summed E-state index contributed by atoms with van der Waals surface area (Å²) in [5.41, 5.74) is 8.55. The molecule has 2 heterocycles. The number of aromatic nitrogens is 2. The third-order valence-electron chi connectivity index (χ3n) is 9.18. The fourth-order valence-corrected chi connectivity index (χ4v) is 6.97. The summed E-state index contributed by atoms with van der Waals surface area (Å²) in [4.78, 5) is 36.8. The Morgan fingerprint density at radius 2 is 0.855 bits per heavy atom. The van der Waals surface area contributed by atoms with E-state index in [0.29, 0.717) is 71.4 Å². The number of benzene rings is 6. The van der Waals surface area contributed by atoms with Gasteiger partial charge >= 0.3 is 0 Å². The van der Waals surface area contributed by atoms with Crippen LogP contribution in [0.5, 0.6) is 0 Å². The molecule has 2 aromatic heterocycles. The molecule has 0 spiro atoms. The minimum atomic E-state index is -0.254. The Labute approximate surface area is 336 Å². The largest absolute Gasteiger partial charge is 0.322 e. The van der Waals surface area contributed by atoms with Gasteiger partial charge in [-0.3, -0.25) is 9.59 Å². The Morgan fingerprint density at radius 1 is 0.455 bits per heavy atom. The van der Waals surface area contributed by atoms with Gasteiger partial charge in [-0.1, -0.05) is 119 Å². The van der Waals surface area contributed by atoms with Crippen molar-refractivity contribution in [3.8, 4) is 22.5 Å². The topological polar surface area (TPSA) is 84.0 Å². The van der Waals surface area contributed by atoms with Crippen molar-refractivity contribution in [2.24, 2.45) is 0 Å². The number of halogens is 4. The summed E-state index contributed by atoms with van der Waals surface area (Å²) in [6.45, 7) is 0. The fourth-order valence-electron chi connectivity index (χ4n) is 6.38. The van der Waals surface area contributed by atoms with E-state index in [9.17, 15) is 9.59 Å². The van der Waals surface area contributed by atoms with Gasteiger partial charge in [0.05, 0.1) is 53.6 Å². The maximum absolute atomic E-state index is 13.6. The van der Waals surface area contributed by atoms with E-state index in [-0.39, 0.29) is 11.8 Å². The van der Waals surface area contributed by atoms with Crippen molar-refractivity contribution in [1.29, 1.82) is 0 Å². The molecule has 268 valence electrons. The monoisotopic (exact) mass is 796 g/mol. The zero-order valence-electron chi connectivity index (χ0n) is 28.8. The second-order valence-electron chi connectivity index (χ2n) is 12.9. The molecule has 10 heteroatoms. The number of anilines is 2. The lowest BCUT2D eigenvalue weighted by molar-refractivity contribution is 0.102. The average molecular weight is 799 g/mol. The van der Waals surface area contributed by atoms with E-state index in [4.69, 9.17) is 56.4 Å². The van der Waals surface area contributed by atoms with E-state index < -0.39 is 0 Å². The number of hydrogen-bond donors (Lipinski definition) is 2. The van der Waals surface area contributed by atoms with Gasteiger partial charge < -0.3 is 10.6 Å². The molecule has 8 rings (SSSR count). The summed E-state index contributed by atoms with van der Waals surface area (Å²) < 4.78 is 0. The molecular formula is C45H28Cl4N4O2. The van der Waals surface area contributed by atoms with Gasteiger partial charge in [0.15, 0.2) is 0 Å². The van der Waals surface area contributed by atoms with Crippen LogP contribution in [0, 0.1) is 0 Å². The van der Waals surface area contributed by atoms with E-state index in [1.54, 1.807) is 36.4 Å². The maximum atomic E-state index is 13.6. The molecular weight excluding hydrogens is 770 g/mol. The summed E-state index contributed by atoms with van der Waals surface area (Å²) >= 11 is 24.8. The van der Waals surface area contributed by atoms with Gasteiger partial charge in [0, 0.05) is 33.3 Å². The standard InChI is InChI=1S/C45H28Cl4N4O2/c46-36-19-13-28(22-38(36)48)42-24-34(32-5-1-3-7-40(32)52-42)44(54)50-30-15-9-26(10-16-30)21-27-11-17-31(18-12-27)51-45(55)35-25-43(29-14-20-37(47)39(49)23-29)53-41-8-4-2-6-33(35)41/h1-20,22-25H,21H2,(H,50,54)(H,51,55). The van der Waals surface area contributed by atoms with Crippen LogP contribution in [0.2, 0.25) is 20.1 Å². The van der Waals surface area contributed by atoms with Crippen molar-refractivity contribution in [3.05, 3.63) is 188 Å². The van der Waals surface area contributed by atoms with E-state index in [1.165, 1.54) is 0 Å². The molecule has 6 nitrogen and oxygen atoms in total. The molecule has 0 saturated carbocycles. The minimum absolute atomic E-state index is 0.254. The van der Waals surface area contributed by atoms with Gasteiger partial charge in [-0.25, -0.2) is 9.97 Å². The maximum Gasteiger partial charge on any atom is 0.256 e. The zero-order chi connectivity index (χ0) is 38.1. The summed E-state index contributed by atoms with van der Waals surface area (Å²) in [5, 5.41) is 9.27. The highest BCUT2D eigenvalue weighted by Crippen LogP contribution is 2.32. The second kappa shape index (κ2) is 15.5. The summed E-state index contributed by atoms with van der Waals surface area (Å²) in [6.07, 6.45) is 0.659. The molecule has 0 aliphatic heterocycles. The van der Waals surface area contributed by atoms with Crippen LogP contribution in [-0.2, 0) is 6.42 Å². The predicted octanol–water partition coefficient (Wildman–Crippen LogP) is 12.8. The number of pyridine rings is 2. The Bertz CT molecular complexity index is 2580. The van der Waals surface area contributed by atoms with Crippen LogP contribution < -0.4 is 10.6 Å². The first-order chi connectivity index (χ1) is 26.7. The lowest BCUT2D eigenvalue weighted by Gasteiger charge is -2.12. The number of fused-ring (bicyclic) bond motifs is 2. The summed E-state index contributed by atoms with van der Waals surface area (Å²) in [5.74, 6) is -0.508. The van der Waals surface area contributed by atoms with Crippen LogP contribution in [-0.4, -0.2) is 21.8 Å². The van der Waals surface area contributed by atoms with E-state index >= 15 is 0 Å². The van der Waals surface area contributed by atoms with E-state index in [2.05, 4.69) is 10.6 Å². The molecule has 8 aromatic rings. The number of para-hydroxylation sites is 2. The molecule has 0 aliphatic carbocycles. The molecule has 0 aliphatic rings. The molecule has 0 saturated heterocycles. The van der Waals surface area contributed by atoms with Gasteiger partial charge in [-0.05, 0) is 90.3 Å². The first-order valence-corrected chi connectivity index (χ1v) is 18.7. The second-order valence-corrected chi connectivity index (χ2v) is 14.5. The Kier molecular flexibility index (Phi) is 10.2. The van der Waals surface area contributed by atoms with Gasteiger partial charge in [-0.2, -0.15) is 0 Å². The van der Waals surface area contributed by atoms with Gasteiger partial charge in [0.1, 0.15) is 0 Å². The Hall–Kier alpha value is -5.76. The quantitative estimate of drug-likeness (QED) is 0.160. The number of carbonyl (C=O) groups is 2. The fraction of sp³-hybridized carbons (Fsp3) is 0.0222. The molecule has 55 heavy (non-hydrogen) atoms. The first kappa shape index (κ1) is 36.2. The SMILES string of the molecule is O=C(Nc1ccc(Cc2ccc(NC(=O)c3cc(-c4ccc(Cl)c(Cl)c4)nc4ccccc34)cc2)cc1)c1cc(-c2ccc(Cl)c(Cl)c2)nc2ccccc12. The van der Waals surface area contributed by atoms with Crippen molar-refractivity contribution in [1.82, 2.24) is 9.97 Å². The molecule has 2 amide bonds. The highest BCUT2D eigenvalue weighted by molar-refractivity contribution is 6.42. The lowest BCUT2D eigenvalue weighted by atomic mass is 10.0. The highest BCUT2D eigenvalue weighted by atomic mass is 35.5. The molecule has 0 radical (unpaired) electrons. The third-order valence-corrected chi connectivity index (χ3v) is 10.7.